The molecule has 4 heteroatoms. The number of pyridine rings is 1. The predicted molar refractivity (Wildman–Crippen MR) is 102 cm³/mol. The van der Waals surface area contributed by atoms with E-state index in [1.54, 1.807) is 6.20 Å². The molecule has 1 N–H and O–H groups in total. The highest BCUT2D eigenvalue weighted by Gasteiger charge is 2.17. The lowest BCUT2D eigenvalue weighted by Crippen LogP contribution is -2.35. The average molecular weight is 343 g/mol. The Morgan fingerprint density at radius 3 is 2.69 bits per heavy atom. The third kappa shape index (κ3) is 3.60. The molecule has 0 amide bonds. The second-order valence-corrected chi connectivity index (χ2v) is 6.95. The van der Waals surface area contributed by atoms with Gasteiger partial charge in [-0.25, -0.2) is 0 Å². The number of nitrogens with zero attached hydrogens (tertiary/aromatic N) is 3. The van der Waals surface area contributed by atoms with E-state index >= 15 is 0 Å². The summed E-state index contributed by atoms with van der Waals surface area (Å²) >= 11 is 0. The minimum Gasteiger partial charge on any atom is -0.393 e. The van der Waals surface area contributed by atoms with E-state index in [4.69, 9.17) is 5.26 Å². The normalized spacial score (nSPS) is 15.8. The molecule has 0 saturated carbocycles. The van der Waals surface area contributed by atoms with Gasteiger partial charge in [-0.1, -0.05) is 30.3 Å². The van der Waals surface area contributed by atoms with Gasteiger partial charge in [-0.2, -0.15) is 5.26 Å². The molecule has 0 bridgehead atoms. The van der Waals surface area contributed by atoms with Crippen LogP contribution >= 0.6 is 0 Å². The van der Waals surface area contributed by atoms with Gasteiger partial charge in [0.15, 0.2) is 0 Å². The highest BCUT2D eigenvalue weighted by atomic mass is 16.3. The van der Waals surface area contributed by atoms with Crippen molar-refractivity contribution >= 4 is 10.9 Å². The van der Waals surface area contributed by atoms with E-state index in [0.29, 0.717) is 5.56 Å². The van der Waals surface area contributed by atoms with Gasteiger partial charge in [-0.15, -0.1) is 0 Å². The third-order valence-electron chi connectivity index (χ3n) is 5.04. The fourth-order valence-corrected chi connectivity index (χ4v) is 3.55. The number of hydrogen-bond acceptors (Lipinski definition) is 4. The molecule has 1 fully saturated rings. The van der Waals surface area contributed by atoms with Gasteiger partial charge < -0.3 is 5.11 Å². The van der Waals surface area contributed by atoms with Crippen LogP contribution in [0.15, 0.2) is 54.7 Å². The predicted octanol–water partition coefficient (Wildman–Crippen LogP) is 3.73. The number of aliphatic hydroxyl groups is 1. The minimum absolute atomic E-state index is 0.135. The lowest BCUT2D eigenvalue weighted by atomic mass is 10.0. The topological polar surface area (TPSA) is 60.2 Å². The molecule has 4 nitrogen and oxygen atoms in total. The van der Waals surface area contributed by atoms with Crippen molar-refractivity contribution < 1.29 is 5.11 Å². The highest BCUT2D eigenvalue weighted by molar-refractivity contribution is 5.85. The van der Waals surface area contributed by atoms with Gasteiger partial charge in [0.05, 0.1) is 17.2 Å². The monoisotopic (exact) mass is 343 g/mol. The number of piperidine rings is 1. The van der Waals surface area contributed by atoms with Crippen LogP contribution in [0.2, 0.25) is 0 Å². The number of likely N-dealkylation sites (tertiary alicyclic amines) is 1. The van der Waals surface area contributed by atoms with Crippen molar-refractivity contribution in [1.82, 2.24) is 9.88 Å². The first-order valence-electron chi connectivity index (χ1n) is 9.01. The zero-order chi connectivity index (χ0) is 17.9. The van der Waals surface area contributed by atoms with Gasteiger partial charge in [-0.3, -0.25) is 9.88 Å². The summed E-state index contributed by atoms with van der Waals surface area (Å²) in [6.45, 7) is 2.82. The van der Waals surface area contributed by atoms with Crippen LogP contribution in [0.5, 0.6) is 0 Å². The molecule has 1 aliphatic rings. The van der Waals surface area contributed by atoms with Crippen LogP contribution in [0.25, 0.3) is 22.0 Å². The molecular formula is C22H21N3O. The summed E-state index contributed by atoms with van der Waals surface area (Å²) in [5.41, 5.74) is 5.07. The summed E-state index contributed by atoms with van der Waals surface area (Å²) in [6.07, 6.45) is 3.21. The molecule has 1 aliphatic heterocycles. The van der Waals surface area contributed by atoms with Crippen LogP contribution < -0.4 is 0 Å². The van der Waals surface area contributed by atoms with Gasteiger partial charge in [0, 0.05) is 31.2 Å². The molecule has 1 saturated heterocycles. The third-order valence-corrected chi connectivity index (χ3v) is 5.04. The SMILES string of the molecule is N#Cc1cnc2cc(-c3cccc(CN4CCC(O)CC4)c3)ccc2c1. The number of aromatic nitrogens is 1. The first-order chi connectivity index (χ1) is 12.7. The van der Waals surface area contributed by atoms with Gasteiger partial charge in [0.25, 0.3) is 0 Å². The maximum atomic E-state index is 9.65. The van der Waals surface area contributed by atoms with Crippen molar-refractivity contribution in [3.63, 3.8) is 0 Å². The van der Waals surface area contributed by atoms with Crippen LogP contribution in [0.4, 0.5) is 0 Å². The van der Waals surface area contributed by atoms with Crippen molar-refractivity contribution in [2.45, 2.75) is 25.5 Å². The molecule has 1 aromatic heterocycles. The molecular weight excluding hydrogens is 322 g/mol. The maximum Gasteiger partial charge on any atom is 0.101 e. The van der Waals surface area contributed by atoms with Crippen molar-refractivity contribution in [2.75, 3.05) is 13.1 Å². The van der Waals surface area contributed by atoms with Gasteiger partial charge >= 0.3 is 0 Å². The molecule has 26 heavy (non-hydrogen) atoms. The fraction of sp³-hybridized carbons (Fsp3) is 0.273. The van der Waals surface area contributed by atoms with E-state index in [9.17, 15) is 5.11 Å². The summed E-state index contributed by atoms with van der Waals surface area (Å²) in [5.74, 6) is 0. The molecule has 0 aliphatic carbocycles. The van der Waals surface area contributed by atoms with Crippen LogP contribution in [0, 0.1) is 11.3 Å². The standard InChI is InChI=1S/C22H21N3O/c23-13-17-11-20-5-4-19(12-22(20)24-14-17)18-3-1-2-16(10-18)15-25-8-6-21(26)7-9-25/h1-5,10-12,14,21,26H,6-9,15H2. The summed E-state index contributed by atoms with van der Waals surface area (Å²) in [6, 6.07) is 18.8. The van der Waals surface area contributed by atoms with Crippen LogP contribution in [0.3, 0.4) is 0 Å². The zero-order valence-corrected chi connectivity index (χ0v) is 14.6. The Bertz CT molecular complexity index is 969. The van der Waals surface area contributed by atoms with Crippen molar-refractivity contribution in [2.24, 2.45) is 0 Å². The van der Waals surface area contributed by atoms with E-state index < -0.39 is 0 Å². The van der Waals surface area contributed by atoms with Gasteiger partial charge in [0.1, 0.15) is 6.07 Å². The molecule has 0 atom stereocenters. The lowest BCUT2D eigenvalue weighted by Gasteiger charge is -2.29. The summed E-state index contributed by atoms with van der Waals surface area (Å²) in [4.78, 5) is 6.81. The molecule has 4 rings (SSSR count). The first kappa shape index (κ1) is 16.7. The van der Waals surface area contributed by atoms with E-state index in [2.05, 4.69) is 52.4 Å². The maximum absolute atomic E-state index is 9.65. The molecule has 130 valence electrons. The Kier molecular flexibility index (Phi) is 4.66. The second kappa shape index (κ2) is 7.25. The minimum atomic E-state index is -0.135. The Morgan fingerprint density at radius 1 is 1.08 bits per heavy atom. The number of fused-ring (bicyclic) bond motifs is 1. The molecule has 2 aromatic carbocycles. The fourth-order valence-electron chi connectivity index (χ4n) is 3.55. The summed E-state index contributed by atoms with van der Waals surface area (Å²) in [5, 5.41) is 19.6. The molecule has 0 radical (unpaired) electrons. The van der Waals surface area contributed by atoms with E-state index in [1.165, 1.54) is 11.1 Å². The average Bonchev–Trinajstić information content (AvgIpc) is 2.69. The smallest absolute Gasteiger partial charge is 0.101 e. The van der Waals surface area contributed by atoms with Crippen LogP contribution in [-0.2, 0) is 6.54 Å². The number of hydrogen-bond donors (Lipinski definition) is 1. The van der Waals surface area contributed by atoms with Crippen molar-refractivity contribution in [1.29, 1.82) is 5.26 Å². The Labute approximate surface area is 153 Å². The largest absolute Gasteiger partial charge is 0.393 e. The Morgan fingerprint density at radius 2 is 1.88 bits per heavy atom. The quantitative estimate of drug-likeness (QED) is 0.787. The zero-order valence-electron chi connectivity index (χ0n) is 14.6. The summed E-state index contributed by atoms with van der Waals surface area (Å²) < 4.78 is 0. The molecule has 0 spiro atoms. The van der Waals surface area contributed by atoms with Crippen molar-refractivity contribution in [3.8, 4) is 17.2 Å². The van der Waals surface area contributed by atoms with Gasteiger partial charge in [0.2, 0.25) is 0 Å². The van der Waals surface area contributed by atoms with Gasteiger partial charge in [-0.05, 0) is 47.7 Å². The number of benzene rings is 2. The van der Waals surface area contributed by atoms with Crippen molar-refractivity contribution in [3.05, 3.63) is 65.9 Å². The highest BCUT2D eigenvalue weighted by Crippen LogP contribution is 2.25. The second-order valence-electron chi connectivity index (χ2n) is 6.95. The summed E-state index contributed by atoms with van der Waals surface area (Å²) in [7, 11) is 0. The number of nitriles is 1. The van der Waals surface area contributed by atoms with Crippen LogP contribution in [0.1, 0.15) is 24.0 Å². The number of rotatable bonds is 3. The van der Waals surface area contributed by atoms with Crippen LogP contribution in [-0.4, -0.2) is 34.2 Å². The Hall–Kier alpha value is -2.74. The van der Waals surface area contributed by atoms with E-state index in [-0.39, 0.29) is 6.10 Å². The first-order valence-corrected chi connectivity index (χ1v) is 9.01. The molecule has 3 aromatic rings. The Balaban J connectivity index is 1.58. The van der Waals surface area contributed by atoms with E-state index in [1.807, 2.05) is 12.1 Å². The molecule has 0 unspecified atom stereocenters. The molecule has 2 heterocycles. The lowest BCUT2D eigenvalue weighted by molar-refractivity contribution is 0.0792. The number of aliphatic hydroxyl groups excluding tert-OH is 1. The van der Waals surface area contributed by atoms with E-state index in [0.717, 1.165) is 48.9 Å².